The summed E-state index contributed by atoms with van der Waals surface area (Å²) in [5, 5.41) is 2.94. The number of hydrogen-bond donors (Lipinski definition) is 1. The lowest BCUT2D eigenvalue weighted by Gasteiger charge is -2.36. The van der Waals surface area contributed by atoms with Crippen LogP contribution in [-0.2, 0) is 14.3 Å². The van der Waals surface area contributed by atoms with Gasteiger partial charge in [-0.2, -0.15) is 0 Å². The SMILES string of the molecule is CCCCCCCCCC(=O)[C@H](CSC(c1ccccc1)(c1ccccc1)c1ccccc1)NC(=O)OC(C)(C)C. The molecular weight excluding hydrogens is 526 g/mol. The van der Waals surface area contributed by atoms with Crippen molar-refractivity contribution < 1.29 is 14.3 Å². The normalized spacial score (nSPS) is 12.5. The Morgan fingerprint density at radius 2 is 1.15 bits per heavy atom. The Morgan fingerprint density at radius 1 is 0.707 bits per heavy atom. The van der Waals surface area contributed by atoms with Gasteiger partial charge in [-0.15, -0.1) is 11.8 Å². The Balaban J connectivity index is 1.89. The maximum atomic E-state index is 13.6. The number of hydrogen-bond acceptors (Lipinski definition) is 4. The summed E-state index contributed by atoms with van der Waals surface area (Å²) in [5.74, 6) is 0.466. The van der Waals surface area contributed by atoms with Crippen molar-refractivity contribution in [3.8, 4) is 0 Å². The highest BCUT2D eigenvalue weighted by Gasteiger charge is 2.38. The number of ether oxygens (including phenoxy) is 1. The fourth-order valence-electron chi connectivity index (χ4n) is 5.07. The summed E-state index contributed by atoms with van der Waals surface area (Å²) in [6, 6.07) is 30.6. The number of unbranched alkanes of at least 4 members (excludes halogenated alkanes) is 6. The summed E-state index contributed by atoms with van der Waals surface area (Å²) in [5.41, 5.74) is 2.72. The second kappa shape index (κ2) is 16.4. The maximum Gasteiger partial charge on any atom is 0.408 e. The molecule has 0 heterocycles. The van der Waals surface area contributed by atoms with Crippen LogP contribution < -0.4 is 5.32 Å². The minimum Gasteiger partial charge on any atom is -0.444 e. The lowest BCUT2D eigenvalue weighted by Crippen LogP contribution is -2.45. The van der Waals surface area contributed by atoms with E-state index in [4.69, 9.17) is 4.74 Å². The molecule has 1 amide bonds. The summed E-state index contributed by atoms with van der Waals surface area (Å²) in [6.07, 6.45) is 7.87. The van der Waals surface area contributed by atoms with E-state index in [2.05, 4.69) is 85.0 Å². The molecule has 0 saturated heterocycles. The van der Waals surface area contributed by atoms with Gasteiger partial charge in [0.2, 0.25) is 0 Å². The van der Waals surface area contributed by atoms with Crippen molar-refractivity contribution in [2.24, 2.45) is 0 Å². The molecule has 0 fully saturated rings. The quantitative estimate of drug-likeness (QED) is 0.137. The highest BCUT2D eigenvalue weighted by Crippen LogP contribution is 2.48. The first-order chi connectivity index (χ1) is 19.8. The number of benzene rings is 3. The summed E-state index contributed by atoms with van der Waals surface area (Å²) < 4.78 is 5.00. The lowest BCUT2D eigenvalue weighted by molar-refractivity contribution is -0.120. The molecule has 0 saturated carbocycles. The van der Waals surface area contributed by atoms with E-state index in [0.717, 1.165) is 36.0 Å². The number of carbonyl (C=O) groups excluding carboxylic acids is 2. The van der Waals surface area contributed by atoms with Gasteiger partial charge in [-0.1, -0.05) is 136 Å². The Bertz CT molecular complexity index is 1080. The minimum absolute atomic E-state index is 0.0556. The average molecular weight is 574 g/mol. The van der Waals surface area contributed by atoms with E-state index in [1.165, 1.54) is 25.7 Å². The van der Waals surface area contributed by atoms with Crippen LogP contribution in [0.1, 0.15) is 95.8 Å². The van der Waals surface area contributed by atoms with Crippen LogP contribution in [0.5, 0.6) is 0 Å². The molecule has 3 aromatic carbocycles. The average Bonchev–Trinajstić information content (AvgIpc) is 2.97. The van der Waals surface area contributed by atoms with E-state index in [1.807, 2.05) is 39.0 Å². The highest BCUT2D eigenvalue weighted by atomic mass is 32.2. The summed E-state index contributed by atoms with van der Waals surface area (Å²) in [4.78, 5) is 26.5. The predicted molar refractivity (Wildman–Crippen MR) is 172 cm³/mol. The van der Waals surface area contributed by atoms with Gasteiger partial charge in [-0.3, -0.25) is 4.79 Å². The molecule has 0 radical (unpaired) electrons. The van der Waals surface area contributed by atoms with Crippen LogP contribution in [0, 0.1) is 0 Å². The molecule has 4 nitrogen and oxygen atoms in total. The number of amides is 1. The van der Waals surface area contributed by atoms with Crippen LogP contribution in [0.3, 0.4) is 0 Å². The van der Waals surface area contributed by atoms with Crippen LogP contribution in [0.2, 0.25) is 0 Å². The highest BCUT2D eigenvalue weighted by molar-refractivity contribution is 8.00. The molecule has 3 aromatic rings. The van der Waals surface area contributed by atoms with Crippen molar-refractivity contribution in [3.05, 3.63) is 108 Å². The van der Waals surface area contributed by atoms with Crippen molar-refractivity contribution in [3.63, 3.8) is 0 Å². The standard InChI is InChI=1S/C36H47NO3S/c1-5-6-7-8-9-10-20-27-33(38)32(37-34(39)40-35(2,3)4)28-41-36(29-21-14-11-15-22-29,30-23-16-12-17-24-30)31-25-18-13-19-26-31/h11-19,21-26,32H,5-10,20,27-28H2,1-4H3,(H,37,39)/t32-/m0/s1. The van der Waals surface area contributed by atoms with Gasteiger partial charge < -0.3 is 10.1 Å². The van der Waals surface area contributed by atoms with E-state index in [9.17, 15) is 9.59 Å². The molecule has 0 aromatic heterocycles. The fraction of sp³-hybridized carbons (Fsp3) is 0.444. The monoisotopic (exact) mass is 573 g/mol. The third-order valence-corrected chi connectivity index (χ3v) is 8.75. The van der Waals surface area contributed by atoms with E-state index in [-0.39, 0.29) is 5.78 Å². The molecule has 0 aliphatic heterocycles. The number of Topliss-reactive ketones (excluding diaryl/α,β-unsaturated/α-hetero) is 1. The molecule has 0 bridgehead atoms. The van der Waals surface area contributed by atoms with Crippen molar-refractivity contribution in [1.29, 1.82) is 0 Å². The molecule has 0 spiro atoms. The predicted octanol–water partition coefficient (Wildman–Crippen LogP) is 9.31. The molecule has 5 heteroatoms. The molecule has 3 rings (SSSR count). The van der Waals surface area contributed by atoms with E-state index in [0.29, 0.717) is 12.2 Å². The van der Waals surface area contributed by atoms with Gasteiger partial charge in [0.05, 0.1) is 10.8 Å². The van der Waals surface area contributed by atoms with Crippen LogP contribution in [0.15, 0.2) is 91.0 Å². The van der Waals surface area contributed by atoms with Crippen molar-refractivity contribution >= 4 is 23.6 Å². The Hall–Kier alpha value is -3.05. The van der Waals surface area contributed by atoms with Gasteiger partial charge >= 0.3 is 6.09 Å². The third kappa shape index (κ3) is 10.1. The van der Waals surface area contributed by atoms with Gasteiger partial charge in [-0.05, 0) is 43.9 Å². The number of carbonyl (C=O) groups is 2. The second-order valence-corrected chi connectivity index (χ2v) is 12.9. The van der Waals surface area contributed by atoms with E-state index < -0.39 is 22.5 Å². The van der Waals surface area contributed by atoms with Crippen LogP contribution >= 0.6 is 11.8 Å². The minimum atomic E-state index is -0.662. The zero-order chi connectivity index (χ0) is 29.6. The maximum absolute atomic E-state index is 13.6. The molecule has 220 valence electrons. The number of alkyl carbamates (subject to hydrolysis) is 1. The third-order valence-electron chi connectivity index (χ3n) is 7.11. The lowest BCUT2D eigenvalue weighted by atomic mass is 9.84. The number of rotatable bonds is 16. The Labute approximate surface area is 251 Å². The van der Waals surface area contributed by atoms with Crippen LogP contribution in [-0.4, -0.2) is 29.3 Å². The summed E-state index contributed by atoms with van der Waals surface area (Å²) in [6.45, 7) is 7.72. The van der Waals surface area contributed by atoms with Gasteiger partial charge in [0, 0.05) is 12.2 Å². The number of thioether (sulfide) groups is 1. The molecule has 41 heavy (non-hydrogen) atoms. The van der Waals surface area contributed by atoms with Crippen LogP contribution in [0.25, 0.3) is 0 Å². The first kappa shape index (κ1) is 32.5. The molecule has 1 atom stereocenters. The van der Waals surface area contributed by atoms with E-state index in [1.54, 1.807) is 11.8 Å². The van der Waals surface area contributed by atoms with Gasteiger partial charge in [0.15, 0.2) is 5.78 Å². The van der Waals surface area contributed by atoms with Gasteiger partial charge in [0.25, 0.3) is 0 Å². The Kier molecular flexibility index (Phi) is 13.0. The second-order valence-electron chi connectivity index (χ2n) is 11.6. The largest absolute Gasteiger partial charge is 0.444 e. The molecule has 0 unspecified atom stereocenters. The van der Waals surface area contributed by atoms with Crippen molar-refractivity contribution in [2.45, 2.75) is 95.5 Å². The topological polar surface area (TPSA) is 55.4 Å². The van der Waals surface area contributed by atoms with Gasteiger partial charge in [-0.25, -0.2) is 4.79 Å². The zero-order valence-electron chi connectivity index (χ0n) is 25.2. The first-order valence-electron chi connectivity index (χ1n) is 15.1. The van der Waals surface area contributed by atoms with Crippen LogP contribution in [0.4, 0.5) is 4.79 Å². The summed E-state index contributed by atoms with van der Waals surface area (Å²) in [7, 11) is 0. The molecule has 1 N–H and O–H groups in total. The smallest absolute Gasteiger partial charge is 0.408 e. The number of ketones is 1. The first-order valence-corrected chi connectivity index (χ1v) is 16.1. The molecule has 0 aliphatic carbocycles. The van der Waals surface area contributed by atoms with E-state index >= 15 is 0 Å². The summed E-state index contributed by atoms with van der Waals surface area (Å²) >= 11 is 1.69. The zero-order valence-corrected chi connectivity index (χ0v) is 26.1. The molecule has 0 aliphatic rings. The van der Waals surface area contributed by atoms with Gasteiger partial charge in [0.1, 0.15) is 5.60 Å². The van der Waals surface area contributed by atoms with Crippen molar-refractivity contribution in [2.75, 3.05) is 5.75 Å². The number of nitrogens with one attached hydrogen (secondary N) is 1. The van der Waals surface area contributed by atoms with Crippen molar-refractivity contribution in [1.82, 2.24) is 5.32 Å². The fourth-order valence-corrected chi connectivity index (χ4v) is 6.67. The Morgan fingerprint density at radius 3 is 1.59 bits per heavy atom. The molecular formula is C36H47NO3S.